The fourth-order valence-corrected chi connectivity index (χ4v) is 6.46. The van der Waals surface area contributed by atoms with Gasteiger partial charge in [0.1, 0.15) is 6.10 Å². The first-order valence-electron chi connectivity index (χ1n) is 13.5. The topological polar surface area (TPSA) is 55.4 Å². The minimum atomic E-state index is -0.451. The molecule has 0 saturated heterocycles. The van der Waals surface area contributed by atoms with Crippen LogP contribution in [0.5, 0.6) is 0 Å². The van der Waals surface area contributed by atoms with Crippen molar-refractivity contribution in [1.29, 1.82) is 0 Å². The zero-order valence-corrected chi connectivity index (χ0v) is 22.3. The van der Waals surface area contributed by atoms with Crippen molar-refractivity contribution in [3.63, 3.8) is 0 Å². The molecule has 37 heavy (non-hydrogen) atoms. The lowest BCUT2D eigenvalue weighted by Gasteiger charge is -2.48. The zero-order chi connectivity index (χ0) is 26.2. The van der Waals surface area contributed by atoms with Crippen LogP contribution in [0.1, 0.15) is 70.2 Å². The average Bonchev–Trinajstić information content (AvgIpc) is 3.18. The average molecular weight is 496 g/mol. The largest absolute Gasteiger partial charge is 0.457 e. The highest BCUT2D eigenvalue weighted by molar-refractivity contribution is 6.04. The van der Waals surface area contributed by atoms with Crippen LogP contribution in [-0.2, 0) is 9.53 Å². The van der Waals surface area contributed by atoms with Crippen LogP contribution in [0.15, 0.2) is 95.1 Å². The van der Waals surface area contributed by atoms with Gasteiger partial charge in [-0.25, -0.2) is 4.79 Å². The highest BCUT2D eigenvalue weighted by Gasteiger charge is 2.53. The highest BCUT2D eigenvalue weighted by atomic mass is 16.5. The van der Waals surface area contributed by atoms with Crippen LogP contribution in [0.25, 0.3) is 0 Å². The lowest BCUT2D eigenvalue weighted by molar-refractivity contribution is -0.113. The summed E-state index contributed by atoms with van der Waals surface area (Å²) < 4.78 is 6.31. The van der Waals surface area contributed by atoms with E-state index in [0.29, 0.717) is 23.5 Å². The van der Waals surface area contributed by atoms with Gasteiger partial charge in [-0.2, -0.15) is 0 Å². The quantitative estimate of drug-likeness (QED) is 0.433. The molecular weight excluding hydrogens is 458 g/mol. The Labute approximate surface area is 220 Å². The highest BCUT2D eigenvalue weighted by Crippen LogP contribution is 2.62. The van der Waals surface area contributed by atoms with E-state index in [4.69, 9.17) is 4.74 Å². The number of nitrogens with one attached hydrogen (secondary N) is 1. The fourth-order valence-electron chi connectivity index (χ4n) is 6.46. The summed E-state index contributed by atoms with van der Waals surface area (Å²) in [6.07, 6.45) is 8.28. The van der Waals surface area contributed by atoms with Gasteiger partial charge in [0.15, 0.2) is 0 Å². The van der Waals surface area contributed by atoms with Gasteiger partial charge in [0.2, 0.25) is 0 Å². The minimum absolute atomic E-state index is 0.129. The third-order valence-electron chi connectivity index (χ3n) is 8.80. The van der Waals surface area contributed by atoms with Gasteiger partial charge in [0.05, 0.1) is 5.56 Å². The molecule has 4 nitrogen and oxygen atoms in total. The predicted molar refractivity (Wildman–Crippen MR) is 148 cm³/mol. The Kier molecular flexibility index (Phi) is 6.70. The SMILES string of the molecule is CC(C)C1=C2C3=CC=C(C(=O)Nc4ccccc4)C[C@H](OC(=O)c4ccccc4)[C@]3(C)CC[C@@]2(C)CC1. The van der Waals surface area contributed by atoms with Crippen LogP contribution >= 0.6 is 0 Å². The summed E-state index contributed by atoms with van der Waals surface area (Å²) in [4.78, 5) is 26.7. The standard InChI is InChI=1S/C33H37NO3/c1-22(2)26-17-18-32(3)19-20-33(4)27(29(26)32)16-15-24(30(35)34-25-13-9-6-10-14-25)21-28(33)37-31(36)23-11-7-5-8-12-23/h5-16,22,28H,17-21H2,1-4H3,(H,34,35)/t28-,32+,33+/m0/s1. The van der Waals surface area contributed by atoms with Gasteiger partial charge in [-0.15, -0.1) is 0 Å². The number of hydrogen-bond donors (Lipinski definition) is 1. The van der Waals surface area contributed by atoms with Gasteiger partial charge in [-0.05, 0) is 72.4 Å². The maximum Gasteiger partial charge on any atom is 0.338 e. The molecule has 0 bridgehead atoms. The second-order valence-corrected chi connectivity index (χ2v) is 11.6. The third-order valence-corrected chi connectivity index (χ3v) is 8.80. The maximum absolute atomic E-state index is 13.4. The molecule has 1 N–H and O–H groups in total. The normalized spacial score (nSPS) is 27.0. The van der Waals surface area contributed by atoms with E-state index in [-0.39, 0.29) is 22.7 Å². The van der Waals surface area contributed by atoms with Crippen molar-refractivity contribution >= 4 is 17.6 Å². The van der Waals surface area contributed by atoms with Gasteiger partial charge < -0.3 is 10.1 Å². The van der Waals surface area contributed by atoms with Crippen molar-refractivity contribution in [3.05, 3.63) is 101 Å². The summed E-state index contributed by atoms with van der Waals surface area (Å²) in [7, 11) is 0. The van der Waals surface area contributed by atoms with E-state index in [1.54, 1.807) is 12.1 Å². The molecule has 0 heterocycles. The van der Waals surface area contributed by atoms with Crippen molar-refractivity contribution in [1.82, 2.24) is 0 Å². The number of para-hydroxylation sites is 1. The number of hydrogen-bond acceptors (Lipinski definition) is 3. The summed E-state index contributed by atoms with van der Waals surface area (Å²) in [5.74, 6) is -0.0366. The first kappa shape index (κ1) is 25.3. The molecule has 0 aliphatic heterocycles. The molecule has 3 aliphatic carbocycles. The summed E-state index contributed by atoms with van der Waals surface area (Å²) in [5, 5.41) is 3.03. The van der Waals surface area contributed by atoms with Crippen molar-refractivity contribution in [2.24, 2.45) is 16.7 Å². The van der Waals surface area contributed by atoms with E-state index < -0.39 is 6.10 Å². The first-order valence-corrected chi connectivity index (χ1v) is 13.5. The number of carbonyl (C=O) groups is 2. The lowest BCUT2D eigenvalue weighted by atomic mass is 9.57. The van der Waals surface area contributed by atoms with Crippen molar-refractivity contribution in [3.8, 4) is 0 Å². The first-order chi connectivity index (χ1) is 17.7. The van der Waals surface area contributed by atoms with Crippen LogP contribution in [0, 0.1) is 16.7 Å². The van der Waals surface area contributed by atoms with Gasteiger partial charge >= 0.3 is 5.97 Å². The Morgan fingerprint density at radius 3 is 2.27 bits per heavy atom. The Hall–Kier alpha value is -3.40. The number of anilines is 1. The second kappa shape index (κ2) is 9.81. The number of esters is 1. The van der Waals surface area contributed by atoms with Crippen molar-refractivity contribution in [2.45, 2.75) is 65.9 Å². The van der Waals surface area contributed by atoms with E-state index in [2.05, 4.69) is 39.1 Å². The molecule has 192 valence electrons. The fraction of sp³-hybridized carbons (Fsp3) is 0.394. The number of amides is 1. The van der Waals surface area contributed by atoms with Crippen molar-refractivity contribution in [2.75, 3.05) is 5.32 Å². The summed E-state index contributed by atoms with van der Waals surface area (Å²) >= 11 is 0. The van der Waals surface area contributed by atoms with Gasteiger partial charge in [0, 0.05) is 23.1 Å². The van der Waals surface area contributed by atoms with Gasteiger partial charge in [-0.1, -0.05) is 81.8 Å². The summed E-state index contributed by atoms with van der Waals surface area (Å²) in [6, 6.07) is 18.6. The van der Waals surface area contributed by atoms with Crippen LogP contribution in [0.3, 0.4) is 0 Å². The molecule has 3 aliphatic rings. The Morgan fingerprint density at radius 1 is 0.919 bits per heavy atom. The van der Waals surface area contributed by atoms with Crippen LogP contribution < -0.4 is 5.32 Å². The summed E-state index contributed by atoms with van der Waals surface area (Å²) in [5.41, 5.74) is 5.86. The number of benzene rings is 2. The lowest BCUT2D eigenvalue weighted by Crippen LogP contribution is -2.44. The molecule has 1 amide bonds. The number of rotatable bonds is 5. The van der Waals surface area contributed by atoms with E-state index in [1.807, 2.05) is 54.6 Å². The Bertz CT molecular complexity index is 1290. The second-order valence-electron chi connectivity index (χ2n) is 11.6. The molecule has 3 atom stereocenters. The number of ether oxygens (including phenoxy) is 1. The molecule has 1 saturated carbocycles. The predicted octanol–water partition coefficient (Wildman–Crippen LogP) is 7.66. The van der Waals surface area contributed by atoms with E-state index >= 15 is 0 Å². The van der Waals surface area contributed by atoms with Crippen LogP contribution in [0.2, 0.25) is 0 Å². The molecular formula is C33H37NO3. The monoisotopic (exact) mass is 495 g/mol. The molecule has 0 unspecified atom stereocenters. The molecule has 2 aromatic carbocycles. The van der Waals surface area contributed by atoms with Crippen LogP contribution in [-0.4, -0.2) is 18.0 Å². The third kappa shape index (κ3) is 4.70. The zero-order valence-electron chi connectivity index (χ0n) is 22.3. The van der Waals surface area contributed by atoms with E-state index in [9.17, 15) is 9.59 Å². The van der Waals surface area contributed by atoms with E-state index in [0.717, 1.165) is 31.4 Å². The molecule has 0 radical (unpaired) electrons. The molecule has 2 aromatic rings. The van der Waals surface area contributed by atoms with Gasteiger partial charge in [0.25, 0.3) is 5.91 Å². The van der Waals surface area contributed by atoms with Crippen molar-refractivity contribution < 1.29 is 14.3 Å². The molecule has 4 heteroatoms. The maximum atomic E-state index is 13.4. The van der Waals surface area contributed by atoms with Crippen LogP contribution in [0.4, 0.5) is 5.69 Å². The molecule has 5 rings (SSSR count). The number of carbonyl (C=O) groups excluding carboxylic acids is 2. The van der Waals surface area contributed by atoms with E-state index in [1.165, 1.54) is 16.7 Å². The number of allylic oxidation sites excluding steroid dienone is 4. The molecule has 0 aromatic heterocycles. The molecule has 1 fully saturated rings. The Balaban J connectivity index is 1.57. The number of fused-ring (bicyclic) bond motifs is 3. The Morgan fingerprint density at radius 2 is 1.59 bits per heavy atom. The smallest absolute Gasteiger partial charge is 0.338 e. The summed E-state index contributed by atoms with van der Waals surface area (Å²) in [6.45, 7) is 9.18. The minimum Gasteiger partial charge on any atom is -0.457 e. The van der Waals surface area contributed by atoms with Gasteiger partial charge in [-0.3, -0.25) is 4.79 Å². The molecule has 0 spiro atoms.